The highest BCUT2D eigenvalue weighted by atomic mass is 19.4. The van der Waals surface area contributed by atoms with Crippen LogP contribution in [0.1, 0.15) is 49.3 Å². The van der Waals surface area contributed by atoms with Gasteiger partial charge in [0.25, 0.3) is 12.3 Å². The molecule has 0 atom stereocenters. The van der Waals surface area contributed by atoms with Gasteiger partial charge in [0.1, 0.15) is 12.4 Å². The second kappa shape index (κ2) is 15.8. The zero-order valence-corrected chi connectivity index (χ0v) is 26.5. The third kappa shape index (κ3) is 8.99. The van der Waals surface area contributed by atoms with Gasteiger partial charge in [0.2, 0.25) is 6.41 Å². The van der Waals surface area contributed by atoms with E-state index in [0.717, 1.165) is 18.5 Å². The van der Waals surface area contributed by atoms with Gasteiger partial charge in [-0.2, -0.15) is 18.3 Å². The summed E-state index contributed by atoms with van der Waals surface area (Å²) in [6, 6.07) is 2.94. The van der Waals surface area contributed by atoms with Crippen molar-refractivity contribution in [2.75, 3.05) is 31.5 Å². The molecule has 256 valence electrons. The second-order valence-corrected chi connectivity index (χ2v) is 10.6. The first-order valence-corrected chi connectivity index (χ1v) is 14.8. The number of hydrogen-bond donors (Lipinski definition) is 2. The number of hydrogen-bond acceptors (Lipinski definition) is 7. The van der Waals surface area contributed by atoms with Crippen LogP contribution in [-0.4, -0.2) is 84.9 Å². The highest BCUT2D eigenvalue weighted by Gasteiger charge is 2.38. The number of piperazine rings is 1. The van der Waals surface area contributed by atoms with Gasteiger partial charge in [-0.1, -0.05) is 27.7 Å². The average Bonchev–Trinajstić information content (AvgIpc) is 3.62. The van der Waals surface area contributed by atoms with Gasteiger partial charge >= 0.3 is 6.18 Å². The first kappa shape index (κ1) is 36.8. The smallest absolute Gasteiger partial charge is 0.342 e. The normalized spacial score (nSPS) is 13.3. The van der Waals surface area contributed by atoms with Crippen molar-refractivity contribution < 1.29 is 35.9 Å². The van der Waals surface area contributed by atoms with Crippen LogP contribution in [0, 0.1) is 12.7 Å². The number of benzene rings is 1. The second-order valence-electron chi connectivity index (χ2n) is 10.6. The Bertz CT molecular complexity index is 1640. The fraction of sp³-hybridized carbons (Fsp3) is 0.433. The van der Waals surface area contributed by atoms with Crippen molar-refractivity contribution in [2.24, 2.45) is 5.73 Å². The van der Waals surface area contributed by atoms with E-state index in [-0.39, 0.29) is 41.5 Å². The lowest BCUT2D eigenvalue weighted by Crippen LogP contribution is -2.48. The number of nitrogens with one attached hydrogen (secondary N) is 1. The lowest BCUT2D eigenvalue weighted by atomic mass is 10.0. The summed E-state index contributed by atoms with van der Waals surface area (Å²) in [5.74, 6) is -1.24. The van der Waals surface area contributed by atoms with E-state index < -0.39 is 42.1 Å². The Kier molecular flexibility index (Phi) is 12.3. The summed E-state index contributed by atoms with van der Waals surface area (Å²) in [4.78, 5) is 35.2. The molecule has 17 heteroatoms. The Morgan fingerprint density at radius 3 is 2.30 bits per heavy atom. The van der Waals surface area contributed by atoms with E-state index in [9.17, 15) is 31.5 Å². The molecule has 1 saturated heterocycles. The quantitative estimate of drug-likeness (QED) is 0.200. The van der Waals surface area contributed by atoms with Gasteiger partial charge in [0.05, 0.1) is 23.0 Å². The van der Waals surface area contributed by atoms with Crippen molar-refractivity contribution in [1.29, 1.82) is 0 Å². The van der Waals surface area contributed by atoms with Gasteiger partial charge in [0, 0.05) is 50.5 Å². The minimum absolute atomic E-state index is 0.0649. The van der Waals surface area contributed by atoms with Crippen LogP contribution in [0.4, 0.5) is 37.8 Å². The van der Waals surface area contributed by atoms with Gasteiger partial charge in [-0.15, -0.1) is 0 Å². The van der Waals surface area contributed by atoms with Crippen LogP contribution in [0.2, 0.25) is 0 Å². The number of nitrogens with zero attached hydrogens (tertiary/aromatic N) is 7. The van der Waals surface area contributed by atoms with Gasteiger partial charge in [-0.3, -0.25) is 18.7 Å². The van der Waals surface area contributed by atoms with Crippen molar-refractivity contribution in [3.05, 3.63) is 59.6 Å². The first-order chi connectivity index (χ1) is 22.2. The molecule has 0 aliphatic carbocycles. The van der Waals surface area contributed by atoms with Crippen LogP contribution in [0.15, 0.2) is 36.9 Å². The summed E-state index contributed by atoms with van der Waals surface area (Å²) < 4.78 is 83.7. The SMILES string of the molecule is CC.CC(C)N.Cc1cc(Nc2nccn3c(-c4cn(CC(F)F)nc4C(F)(F)F)cnc23)cc(F)c1C(=O)N1CCN(C=O)CC1. The number of carbonyl (C=O) groups is 2. The van der Waals surface area contributed by atoms with E-state index in [4.69, 9.17) is 5.73 Å². The Morgan fingerprint density at radius 1 is 1.11 bits per heavy atom. The number of imidazole rings is 1. The summed E-state index contributed by atoms with van der Waals surface area (Å²) in [5.41, 5.74) is 3.71. The number of aryl methyl sites for hydroxylation is 1. The number of carbonyl (C=O) groups excluding carboxylic acids is 2. The van der Waals surface area contributed by atoms with Gasteiger partial charge in [-0.25, -0.2) is 23.1 Å². The molecule has 1 aliphatic heterocycles. The van der Waals surface area contributed by atoms with Crippen LogP contribution in [0.25, 0.3) is 16.9 Å². The first-order valence-electron chi connectivity index (χ1n) is 14.8. The molecule has 2 amide bonds. The van der Waals surface area contributed by atoms with Crippen LogP contribution in [0.3, 0.4) is 0 Å². The van der Waals surface area contributed by atoms with Gasteiger partial charge < -0.3 is 20.9 Å². The van der Waals surface area contributed by atoms with E-state index in [1.165, 1.54) is 32.7 Å². The van der Waals surface area contributed by atoms with Crippen molar-refractivity contribution in [1.82, 2.24) is 33.9 Å². The predicted molar refractivity (Wildman–Crippen MR) is 164 cm³/mol. The number of fused-ring (bicyclic) bond motifs is 1. The molecule has 0 bridgehead atoms. The third-order valence-corrected chi connectivity index (χ3v) is 6.57. The minimum Gasteiger partial charge on any atom is -0.342 e. The fourth-order valence-electron chi connectivity index (χ4n) is 4.67. The maximum absolute atomic E-state index is 15.2. The maximum atomic E-state index is 15.2. The molecule has 4 aromatic rings. The summed E-state index contributed by atoms with van der Waals surface area (Å²) in [5, 5.41) is 6.19. The molecule has 0 spiro atoms. The van der Waals surface area contributed by atoms with Crippen molar-refractivity contribution in [3.8, 4) is 11.3 Å². The molecule has 47 heavy (non-hydrogen) atoms. The molecule has 1 aliphatic rings. The standard InChI is InChI=1S/C25H22F6N8O2.C3H9N.C2H6/c1-14-8-15(9-17(26)20(14)24(41)37-6-4-36(13-40)5-7-37)34-22-23-33-10-18(39(23)3-2-32-22)16-11-38(12-19(27)28)35-21(16)25(29,30)31;1-3(2)4;1-2/h2-3,8-11,13,19H,4-7,12H2,1H3,(H,32,34);3H,4H2,1-2H3;1-2H3. The highest BCUT2D eigenvalue weighted by Crippen LogP contribution is 2.37. The molecule has 3 aromatic heterocycles. The third-order valence-electron chi connectivity index (χ3n) is 6.57. The van der Waals surface area contributed by atoms with E-state index in [1.807, 2.05) is 27.7 Å². The summed E-state index contributed by atoms with van der Waals surface area (Å²) in [7, 11) is 0. The molecule has 11 nitrogen and oxygen atoms in total. The van der Waals surface area contributed by atoms with Crippen LogP contribution in [-0.2, 0) is 17.5 Å². The fourth-order valence-corrected chi connectivity index (χ4v) is 4.67. The van der Waals surface area contributed by atoms with Crippen molar-refractivity contribution >= 4 is 29.5 Å². The minimum atomic E-state index is -4.92. The van der Waals surface area contributed by atoms with Crippen molar-refractivity contribution in [2.45, 2.75) is 59.8 Å². The molecule has 0 radical (unpaired) electrons. The monoisotopic (exact) mass is 669 g/mol. The molecule has 3 N–H and O–H groups in total. The molecule has 1 fully saturated rings. The van der Waals surface area contributed by atoms with E-state index in [2.05, 4.69) is 20.4 Å². The van der Waals surface area contributed by atoms with Gasteiger partial charge in [-0.05, 0) is 30.7 Å². The number of amides is 2. The molecule has 0 unspecified atom stereocenters. The summed E-state index contributed by atoms with van der Waals surface area (Å²) in [6.45, 7) is 9.64. The van der Waals surface area contributed by atoms with E-state index in [1.54, 1.807) is 6.92 Å². The van der Waals surface area contributed by atoms with Crippen LogP contribution < -0.4 is 11.1 Å². The lowest BCUT2D eigenvalue weighted by molar-refractivity contribution is -0.141. The Labute approximate surface area is 267 Å². The average molecular weight is 670 g/mol. The number of halogens is 6. The van der Waals surface area contributed by atoms with E-state index in [0.29, 0.717) is 35.8 Å². The Morgan fingerprint density at radius 2 is 1.74 bits per heavy atom. The molecular formula is C30H37F6N9O2. The number of rotatable bonds is 7. The molecule has 1 aromatic carbocycles. The molecule has 4 heterocycles. The van der Waals surface area contributed by atoms with E-state index >= 15 is 4.39 Å². The van der Waals surface area contributed by atoms with Crippen molar-refractivity contribution in [3.63, 3.8) is 0 Å². The molecule has 5 rings (SSSR count). The number of nitrogens with two attached hydrogens (primary N) is 1. The van der Waals surface area contributed by atoms with Crippen LogP contribution >= 0.6 is 0 Å². The maximum Gasteiger partial charge on any atom is 0.435 e. The summed E-state index contributed by atoms with van der Waals surface area (Å²) in [6.07, 6.45) is -2.52. The van der Waals surface area contributed by atoms with Gasteiger partial charge in [0.15, 0.2) is 17.2 Å². The Hall–Kier alpha value is -4.67. The summed E-state index contributed by atoms with van der Waals surface area (Å²) >= 11 is 0. The highest BCUT2D eigenvalue weighted by molar-refractivity contribution is 5.96. The number of anilines is 2. The lowest BCUT2D eigenvalue weighted by Gasteiger charge is -2.33. The zero-order chi connectivity index (χ0) is 35.1. The predicted octanol–water partition coefficient (Wildman–Crippen LogP) is 5.36. The Balaban J connectivity index is 0.000000930. The topological polar surface area (TPSA) is 127 Å². The number of alkyl halides is 5. The zero-order valence-electron chi connectivity index (χ0n) is 26.5. The largest absolute Gasteiger partial charge is 0.435 e. The molecule has 0 saturated carbocycles. The van der Waals surface area contributed by atoms with Crippen LogP contribution in [0.5, 0.6) is 0 Å². The number of aromatic nitrogens is 5. The molecular weight excluding hydrogens is 632 g/mol.